The molecule has 4 heteroatoms. The van der Waals surface area contributed by atoms with Crippen LogP contribution in [0, 0.1) is 17.2 Å². The molecule has 0 radical (unpaired) electrons. The quantitative estimate of drug-likeness (QED) is 0.819. The lowest BCUT2D eigenvalue weighted by molar-refractivity contribution is -0.217. The number of hydrogen-bond acceptors (Lipinski definition) is 2. The lowest BCUT2D eigenvalue weighted by Gasteiger charge is -2.60. The molecule has 4 fully saturated rings. The molecular formula is C15H16FNO2. The van der Waals surface area contributed by atoms with Crippen molar-refractivity contribution in [3.8, 4) is 0 Å². The smallest absolute Gasteiger partial charge is 0.252 e. The van der Waals surface area contributed by atoms with Gasteiger partial charge in [0.15, 0.2) is 0 Å². The molecule has 5 rings (SSSR count). The number of amides is 1. The summed E-state index contributed by atoms with van der Waals surface area (Å²) >= 11 is 0. The van der Waals surface area contributed by atoms with Crippen LogP contribution in [-0.4, -0.2) is 17.6 Å². The predicted octanol–water partition coefficient (Wildman–Crippen LogP) is 2.83. The summed E-state index contributed by atoms with van der Waals surface area (Å²) in [6.45, 7) is 0.563. The number of nitrogens with zero attached hydrogens (tertiary/aromatic N) is 1. The lowest BCUT2D eigenvalue weighted by Crippen LogP contribution is -2.60. The number of rotatable bonds is 2. The highest BCUT2D eigenvalue weighted by atomic mass is 19.1. The molecule has 0 N–H and O–H groups in total. The van der Waals surface area contributed by atoms with Crippen molar-refractivity contribution in [1.82, 2.24) is 5.06 Å². The number of halogens is 1. The fourth-order valence-corrected chi connectivity index (χ4v) is 3.63. The molecule has 1 heterocycles. The summed E-state index contributed by atoms with van der Waals surface area (Å²) in [5.74, 6) is 0.664. The lowest BCUT2D eigenvalue weighted by atomic mass is 9.44. The van der Waals surface area contributed by atoms with E-state index in [9.17, 15) is 9.18 Å². The third-order valence-electron chi connectivity index (χ3n) is 4.85. The van der Waals surface area contributed by atoms with Gasteiger partial charge in [-0.2, -0.15) is 0 Å². The van der Waals surface area contributed by atoms with Crippen LogP contribution in [0.25, 0.3) is 0 Å². The third kappa shape index (κ3) is 1.56. The predicted molar refractivity (Wildman–Crippen MR) is 66.3 cm³/mol. The minimum atomic E-state index is -0.250. The monoisotopic (exact) mass is 261 g/mol. The van der Waals surface area contributed by atoms with Gasteiger partial charge in [-0.1, -0.05) is 12.1 Å². The van der Waals surface area contributed by atoms with E-state index in [0.29, 0.717) is 6.61 Å². The summed E-state index contributed by atoms with van der Waals surface area (Å²) in [6.07, 6.45) is 3.88. The van der Waals surface area contributed by atoms with E-state index in [1.807, 2.05) is 0 Å². The SMILES string of the molecule is O=C(N1OCC[C@H]1c1ccc(F)cc1)C12CC(C1)C2. The van der Waals surface area contributed by atoms with Crippen molar-refractivity contribution in [2.75, 3.05) is 6.61 Å². The fraction of sp³-hybridized carbons (Fsp3) is 0.533. The van der Waals surface area contributed by atoms with Crippen LogP contribution in [0.4, 0.5) is 4.39 Å². The number of hydroxylamine groups is 2. The maximum atomic E-state index is 13.0. The van der Waals surface area contributed by atoms with Gasteiger partial charge in [-0.05, 0) is 42.9 Å². The van der Waals surface area contributed by atoms with E-state index >= 15 is 0 Å². The second-order valence-electron chi connectivity index (χ2n) is 6.08. The Kier molecular flexibility index (Phi) is 2.28. The molecule has 0 spiro atoms. The van der Waals surface area contributed by atoms with Crippen molar-refractivity contribution in [2.45, 2.75) is 31.7 Å². The van der Waals surface area contributed by atoms with Gasteiger partial charge in [0.2, 0.25) is 0 Å². The van der Waals surface area contributed by atoms with Crippen LogP contribution in [0.5, 0.6) is 0 Å². The first-order chi connectivity index (χ1) is 9.18. The van der Waals surface area contributed by atoms with Gasteiger partial charge in [-0.3, -0.25) is 9.63 Å². The number of carbonyl (C=O) groups is 1. The minimum Gasteiger partial charge on any atom is -0.272 e. The molecule has 1 saturated heterocycles. The zero-order valence-corrected chi connectivity index (χ0v) is 10.6. The molecule has 3 aliphatic carbocycles. The Balaban J connectivity index is 1.57. The molecule has 1 amide bonds. The van der Waals surface area contributed by atoms with Crippen LogP contribution in [0.3, 0.4) is 0 Å². The second-order valence-corrected chi connectivity index (χ2v) is 6.08. The largest absolute Gasteiger partial charge is 0.272 e. The van der Waals surface area contributed by atoms with Crippen molar-refractivity contribution in [2.24, 2.45) is 11.3 Å². The maximum absolute atomic E-state index is 13.0. The van der Waals surface area contributed by atoms with Crippen LogP contribution < -0.4 is 0 Å². The Morgan fingerprint density at radius 2 is 1.95 bits per heavy atom. The first kappa shape index (κ1) is 11.4. The Labute approximate surface area is 111 Å². The number of hydrogen-bond donors (Lipinski definition) is 0. The molecular weight excluding hydrogens is 245 g/mol. The first-order valence-corrected chi connectivity index (χ1v) is 6.90. The number of carbonyl (C=O) groups excluding carboxylic acids is 1. The van der Waals surface area contributed by atoms with E-state index < -0.39 is 0 Å². The van der Waals surface area contributed by atoms with Gasteiger partial charge in [0.25, 0.3) is 5.91 Å². The van der Waals surface area contributed by atoms with Gasteiger partial charge in [-0.25, -0.2) is 9.45 Å². The topological polar surface area (TPSA) is 29.5 Å². The summed E-state index contributed by atoms with van der Waals surface area (Å²) in [4.78, 5) is 18.1. The van der Waals surface area contributed by atoms with E-state index in [0.717, 1.165) is 37.2 Å². The highest BCUT2D eigenvalue weighted by Crippen LogP contribution is 2.65. The Hall–Kier alpha value is -1.42. The molecule has 3 nitrogen and oxygen atoms in total. The Bertz CT molecular complexity index is 510. The molecule has 0 unspecified atom stereocenters. The van der Waals surface area contributed by atoms with Crippen molar-refractivity contribution < 1.29 is 14.0 Å². The van der Waals surface area contributed by atoms with Crippen molar-refractivity contribution in [3.05, 3.63) is 35.6 Å². The molecule has 100 valence electrons. The highest BCUT2D eigenvalue weighted by molar-refractivity contribution is 5.85. The van der Waals surface area contributed by atoms with Gasteiger partial charge in [-0.15, -0.1) is 0 Å². The van der Waals surface area contributed by atoms with Crippen molar-refractivity contribution >= 4 is 5.91 Å². The second kappa shape index (κ2) is 3.79. The zero-order chi connectivity index (χ0) is 13.0. The van der Waals surface area contributed by atoms with Crippen molar-refractivity contribution in [1.29, 1.82) is 0 Å². The van der Waals surface area contributed by atoms with Crippen LogP contribution in [0.2, 0.25) is 0 Å². The normalized spacial score (nSPS) is 35.7. The van der Waals surface area contributed by atoms with Crippen LogP contribution in [-0.2, 0) is 9.63 Å². The molecule has 4 aliphatic rings. The van der Waals surface area contributed by atoms with Crippen molar-refractivity contribution in [3.63, 3.8) is 0 Å². The summed E-state index contributed by atoms with van der Waals surface area (Å²) < 4.78 is 13.0. The van der Waals surface area contributed by atoms with E-state index in [-0.39, 0.29) is 23.2 Å². The van der Waals surface area contributed by atoms with Crippen LogP contribution >= 0.6 is 0 Å². The molecule has 1 aromatic rings. The average molecular weight is 261 g/mol. The Morgan fingerprint density at radius 1 is 1.26 bits per heavy atom. The molecule has 2 bridgehead atoms. The molecule has 1 aliphatic heterocycles. The summed E-state index contributed by atoms with van der Waals surface area (Å²) in [5, 5.41) is 1.56. The minimum absolute atomic E-state index is 0.0536. The van der Waals surface area contributed by atoms with Crippen LogP contribution in [0.15, 0.2) is 24.3 Å². The van der Waals surface area contributed by atoms with Gasteiger partial charge >= 0.3 is 0 Å². The summed E-state index contributed by atoms with van der Waals surface area (Å²) in [5.41, 5.74) is 0.839. The summed E-state index contributed by atoms with van der Waals surface area (Å²) in [7, 11) is 0. The number of benzene rings is 1. The van der Waals surface area contributed by atoms with E-state index in [4.69, 9.17) is 4.84 Å². The van der Waals surface area contributed by atoms with Gasteiger partial charge in [0.1, 0.15) is 5.82 Å². The standard InChI is InChI=1S/C15H16FNO2/c16-12-3-1-11(2-4-12)13-5-6-19-17(13)14(18)15-7-10(8-15)9-15/h1-4,10,13H,5-9H2/t10?,13-,15?/m0/s1. The maximum Gasteiger partial charge on any atom is 0.252 e. The Morgan fingerprint density at radius 3 is 2.53 bits per heavy atom. The average Bonchev–Trinajstić information content (AvgIpc) is 2.74. The van der Waals surface area contributed by atoms with Gasteiger partial charge in [0.05, 0.1) is 18.1 Å². The van der Waals surface area contributed by atoms with Gasteiger partial charge < -0.3 is 0 Å². The molecule has 19 heavy (non-hydrogen) atoms. The summed E-state index contributed by atoms with van der Waals surface area (Å²) in [6, 6.07) is 6.32. The fourth-order valence-electron chi connectivity index (χ4n) is 3.63. The highest BCUT2D eigenvalue weighted by Gasteiger charge is 2.63. The molecule has 3 saturated carbocycles. The van der Waals surface area contributed by atoms with E-state index in [1.165, 1.54) is 12.1 Å². The first-order valence-electron chi connectivity index (χ1n) is 6.90. The van der Waals surface area contributed by atoms with E-state index in [1.54, 1.807) is 17.2 Å². The molecule has 1 atom stereocenters. The van der Waals surface area contributed by atoms with Gasteiger partial charge in [0, 0.05) is 6.42 Å². The van der Waals surface area contributed by atoms with Crippen LogP contribution in [0.1, 0.15) is 37.3 Å². The molecule has 0 aromatic heterocycles. The third-order valence-corrected chi connectivity index (χ3v) is 4.85. The zero-order valence-electron chi connectivity index (χ0n) is 10.6. The van der Waals surface area contributed by atoms with E-state index in [2.05, 4.69) is 0 Å². The molecule has 1 aromatic carbocycles.